The van der Waals surface area contributed by atoms with Gasteiger partial charge in [-0.3, -0.25) is 9.36 Å². The fraction of sp³-hybridized carbons (Fsp3) is 0.250. The second-order valence-corrected chi connectivity index (χ2v) is 9.72. The Morgan fingerprint density at radius 1 is 1.00 bits per heavy atom. The van der Waals surface area contributed by atoms with Gasteiger partial charge < -0.3 is 5.32 Å². The summed E-state index contributed by atoms with van der Waals surface area (Å²) in [5.74, 6) is 1.08. The summed E-state index contributed by atoms with van der Waals surface area (Å²) in [5.41, 5.74) is 7.01. The predicted octanol–water partition coefficient (Wildman–Crippen LogP) is 5.84. The van der Waals surface area contributed by atoms with E-state index in [4.69, 9.17) is 0 Å². The molecule has 1 heterocycles. The Morgan fingerprint density at radius 2 is 1.79 bits per heavy atom. The molecular weight excluding hydrogens is 440 g/mol. The average Bonchev–Trinajstić information content (AvgIpc) is 3.29. The first-order chi connectivity index (χ1) is 16.6. The van der Waals surface area contributed by atoms with Crippen molar-refractivity contribution >= 4 is 17.7 Å². The van der Waals surface area contributed by atoms with Crippen LogP contribution in [0.25, 0.3) is 17.1 Å². The van der Waals surface area contributed by atoms with Crippen LogP contribution in [0, 0.1) is 13.8 Å². The molecular formula is C28H28N4OS. The van der Waals surface area contributed by atoms with E-state index in [1.807, 2.05) is 30.3 Å². The van der Waals surface area contributed by atoms with Crippen molar-refractivity contribution in [2.45, 2.75) is 44.3 Å². The van der Waals surface area contributed by atoms with E-state index in [0.717, 1.165) is 36.3 Å². The fourth-order valence-electron chi connectivity index (χ4n) is 4.51. The predicted molar refractivity (Wildman–Crippen MR) is 137 cm³/mol. The van der Waals surface area contributed by atoms with Gasteiger partial charge in [0.05, 0.1) is 17.5 Å². The van der Waals surface area contributed by atoms with Crippen molar-refractivity contribution in [3.63, 3.8) is 0 Å². The van der Waals surface area contributed by atoms with Gasteiger partial charge in [0.15, 0.2) is 11.0 Å². The molecule has 0 saturated carbocycles. The van der Waals surface area contributed by atoms with Gasteiger partial charge in [-0.15, -0.1) is 10.2 Å². The normalized spacial score (nSPS) is 15.1. The van der Waals surface area contributed by atoms with Crippen molar-refractivity contribution in [1.29, 1.82) is 0 Å². The van der Waals surface area contributed by atoms with Crippen molar-refractivity contribution in [3.05, 3.63) is 95.1 Å². The lowest BCUT2D eigenvalue weighted by molar-refractivity contribution is -0.119. The quantitative estimate of drug-likeness (QED) is 0.361. The number of aromatic nitrogens is 3. The molecule has 0 saturated heterocycles. The summed E-state index contributed by atoms with van der Waals surface area (Å²) in [4.78, 5) is 12.9. The molecule has 6 heteroatoms. The van der Waals surface area contributed by atoms with E-state index >= 15 is 0 Å². The number of benzene rings is 3. The highest BCUT2D eigenvalue weighted by molar-refractivity contribution is 7.99. The molecule has 4 aromatic rings. The zero-order chi connectivity index (χ0) is 23.5. The molecule has 1 unspecified atom stereocenters. The third-order valence-electron chi connectivity index (χ3n) is 6.45. The van der Waals surface area contributed by atoms with E-state index in [2.05, 4.69) is 76.4 Å². The molecule has 1 aliphatic carbocycles. The van der Waals surface area contributed by atoms with Crippen LogP contribution in [0.3, 0.4) is 0 Å². The van der Waals surface area contributed by atoms with Crippen molar-refractivity contribution < 1.29 is 4.79 Å². The van der Waals surface area contributed by atoms with Crippen LogP contribution in [0.15, 0.2) is 78.0 Å². The molecule has 5 nitrogen and oxygen atoms in total. The number of carbonyl (C=O) groups excluding carboxylic acids is 1. The van der Waals surface area contributed by atoms with Gasteiger partial charge in [0.1, 0.15) is 0 Å². The summed E-state index contributed by atoms with van der Waals surface area (Å²) in [6.07, 6.45) is 3.15. The molecule has 0 fully saturated rings. The number of thioether (sulfide) groups is 1. The zero-order valence-corrected chi connectivity index (χ0v) is 20.3. The zero-order valence-electron chi connectivity index (χ0n) is 19.5. The van der Waals surface area contributed by atoms with Gasteiger partial charge >= 0.3 is 0 Å². The number of carbonyl (C=O) groups is 1. The molecule has 34 heavy (non-hydrogen) atoms. The molecule has 172 valence electrons. The maximum Gasteiger partial charge on any atom is 0.230 e. The minimum Gasteiger partial charge on any atom is -0.349 e. The van der Waals surface area contributed by atoms with Crippen LogP contribution in [-0.2, 0) is 11.2 Å². The first-order valence-electron chi connectivity index (χ1n) is 11.7. The number of aryl methyl sites for hydroxylation is 3. The van der Waals surface area contributed by atoms with E-state index in [9.17, 15) is 4.79 Å². The van der Waals surface area contributed by atoms with Crippen LogP contribution < -0.4 is 5.32 Å². The summed E-state index contributed by atoms with van der Waals surface area (Å²) in [7, 11) is 0. The van der Waals surface area contributed by atoms with Crippen LogP contribution in [-0.4, -0.2) is 26.4 Å². The SMILES string of the molecule is Cc1ccc(-n2c(SCC(=O)NC3CCCc4ccccc43)nnc2-c2ccccc2)cc1C. The number of nitrogens with zero attached hydrogens (tertiary/aromatic N) is 3. The molecule has 5 rings (SSSR count). The minimum atomic E-state index is 0.0163. The smallest absolute Gasteiger partial charge is 0.230 e. The monoisotopic (exact) mass is 468 g/mol. The van der Waals surface area contributed by atoms with Gasteiger partial charge in [0.25, 0.3) is 0 Å². The summed E-state index contributed by atoms with van der Waals surface area (Å²) in [5, 5.41) is 12.9. The van der Waals surface area contributed by atoms with Gasteiger partial charge in [-0.1, -0.05) is 72.4 Å². The van der Waals surface area contributed by atoms with Gasteiger partial charge in [0.2, 0.25) is 5.91 Å². The van der Waals surface area contributed by atoms with Crippen molar-refractivity contribution in [2.24, 2.45) is 0 Å². The van der Waals surface area contributed by atoms with E-state index in [1.165, 1.54) is 34.0 Å². The van der Waals surface area contributed by atoms with E-state index in [0.29, 0.717) is 5.16 Å². The third kappa shape index (κ3) is 4.64. The molecule has 1 N–H and O–H groups in total. The van der Waals surface area contributed by atoms with Crippen LogP contribution >= 0.6 is 11.8 Å². The highest BCUT2D eigenvalue weighted by atomic mass is 32.2. The standard InChI is InChI=1S/C28H28N4OS/c1-19-15-16-23(17-20(19)2)32-27(22-10-4-3-5-11-22)30-31-28(32)34-18-26(33)29-25-14-8-12-21-9-6-7-13-24(21)25/h3-7,9-11,13,15-17,25H,8,12,14,18H2,1-2H3,(H,29,33). The van der Waals surface area contributed by atoms with Crippen LogP contribution in [0.5, 0.6) is 0 Å². The second-order valence-electron chi connectivity index (χ2n) is 8.78. The van der Waals surface area contributed by atoms with Crippen molar-refractivity contribution in [2.75, 3.05) is 5.75 Å². The lowest BCUT2D eigenvalue weighted by Crippen LogP contribution is -2.32. The Hall–Kier alpha value is -3.38. The molecule has 1 atom stereocenters. The summed E-state index contributed by atoms with van der Waals surface area (Å²) in [6, 6.07) is 24.9. The Kier molecular flexibility index (Phi) is 6.50. The summed E-state index contributed by atoms with van der Waals surface area (Å²) < 4.78 is 2.05. The molecule has 0 bridgehead atoms. The Labute approximate surface area is 204 Å². The first kappa shape index (κ1) is 22.4. The van der Waals surface area contributed by atoms with E-state index < -0.39 is 0 Å². The number of nitrogens with one attached hydrogen (secondary N) is 1. The van der Waals surface area contributed by atoms with Gasteiger partial charge in [-0.2, -0.15) is 0 Å². The van der Waals surface area contributed by atoms with E-state index in [1.54, 1.807) is 0 Å². The maximum absolute atomic E-state index is 12.9. The van der Waals surface area contributed by atoms with Gasteiger partial charge in [-0.25, -0.2) is 0 Å². The Bertz CT molecular complexity index is 1320. The lowest BCUT2D eigenvalue weighted by Gasteiger charge is -2.26. The number of amides is 1. The Balaban J connectivity index is 1.38. The molecule has 0 aliphatic heterocycles. The topological polar surface area (TPSA) is 59.8 Å². The van der Waals surface area contributed by atoms with Crippen molar-refractivity contribution in [3.8, 4) is 17.1 Å². The second kappa shape index (κ2) is 9.85. The highest BCUT2D eigenvalue weighted by Gasteiger charge is 2.22. The van der Waals surface area contributed by atoms with Crippen molar-refractivity contribution in [1.82, 2.24) is 20.1 Å². The van der Waals surface area contributed by atoms with Gasteiger partial charge in [-0.05, 0) is 67.5 Å². The van der Waals surface area contributed by atoms with E-state index in [-0.39, 0.29) is 17.7 Å². The summed E-state index contributed by atoms with van der Waals surface area (Å²) >= 11 is 1.42. The molecule has 0 spiro atoms. The molecule has 1 amide bonds. The average molecular weight is 469 g/mol. The van der Waals surface area contributed by atoms with Gasteiger partial charge in [0, 0.05) is 5.56 Å². The first-order valence-corrected chi connectivity index (χ1v) is 12.7. The lowest BCUT2D eigenvalue weighted by atomic mass is 9.88. The Morgan fingerprint density at radius 3 is 2.62 bits per heavy atom. The fourth-order valence-corrected chi connectivity index (χ4v) is 5.27. The largest absolute Gasteiger partial charge is 0.349 e. The third-order valence-corrected chi connectivity index (χ3v) is 7.38. The van der Waals surface area contributed by atoms with Crippen LogP contribution in [0.1, 0.15) is 41.1 Å². The maximum atomic E-state index is 12.9. The highest BCUT2D eigenvalue weighted by Crippen LogP contribution is 2.31. The molecule has 1 aliphatic rings. The molecule has 1 aromatic heterocycles. The number of rotatable bonds is 6. The number of hydrogen-bond donors (Lipinski definition) is 1. The van der Waals surface area contributed by atoms with Crippen LogP contribution in [0.4, 0.5) is 0 Å². The summed E-state index contributed by atoms with van der Waals surface area (Å²) in [6.45, 7) is 4.21. The number of fused-ring (bicyclic) bond motifs is 1. The molecule has 3 aromatic carbocycles. The molecule has 0 radical (unpaired) electrons. The number of hydrogen-bond acceptors (Lipinski definition) is 4. The minimum absolute atomic E-state index is 0.0163. The van der Waals surface area contributed by atoms with Crippen LogP contribution in [0.2, 0.25) is 0 Å².